The number of hydrogen-bond acceptors (Lipinski definition) is 3. The van der Waals surface area contributed by atoms with Crippen LogP contribution in [0.25, 0.3) is 0 Å². The number of pyridine rings is 1. The molecule has 0 unspecified atom stereocenters. The van der Waals surface area contributed by atoms with Crippen LogP contribution in [0.5, 0.6) is 0 Å². The molecular formula is C19H26N4O. The molecule has 2 aromatic rings. The van der Waals surface area contributed by atoms with Crippen molar-refractivity contribution in [3.63, 3.8) is 0 Å². The first-order valence-electron chi connectivity index (χ1n) is 8.85. The second-order valence-corrected chi connectivity index (χ2v) is 6.68. The Morgan fingerprint density at radius 2 is 2.21 bits per heavy atom. The molecule has 0 saturated carbocycles. The van der Waals surface area contributed by atoms with Crippen LogP contribution in [0.4, 0.5) is 0 Å². The third kappa shape index (κ3) is 4.02. The van der Waals surface area contributed by atoms with Crippen molar-refractivity contribution in [3.05, 3.63) is 47.8 Å². The number of nitrogens with zero attached hydrogens (tertiary/aromatic N) is 4. The minimum Gasteiger partial charge on any atom is -0.341 e. The summed E-state index contributed by atoms with van der Waals surface area (Å²) in [6.45, 7) is 6.20. The van der Waals surface area contributed by atoms with Gasteiger partial charge in [0.25, 0.3) is 0 Å². The van der Waals surface area contributed by atoms with Gasteiger partial charge in [-0.25, -0.2) is 4.98 Å². The molecular weight excluding hydrogens is 300 g/mol. The number of likely N-dealkylation sites (tertiary alicyclic amines) is 1. The van der Waals surface area contributed by atoms with E-state index in [4.69, 9.17) is 0 Å². The standard InChI is InChI=1S/C19H26N4O/c1-3-18-20-8-10-22(18)14-19(24)23-9-4-5-17(13-23)11-16-7-6-15(2)21-12-16/h6-8,10,12,17H,3-5,9,11,13-14H2,1-2H3/t17-/m1/s1. The number of carbonyl (C=O) groups excluding carboxylic acids is 1. The largest absolute Gasteiger partial charge is 0.341 e. The predicted octanol–water partition coefficient (Wildman–Crippen LogP) is 2.63. The topological polar surface area (TPSA) is 51.0 Å². The summed E-state index contributed by atoms with van der Waals surface area (Å²) in [7, 11) is 0. The van der Waals surface area contributed by atoms with E-state index in [-0.39, 0.29) is 5.91 Å². The lowest BCUT2D eigenvalue weighted by molar-refractivity contribution is -0.133. The van der Waals surface area contributed by atoms with Crippen LogP contribution in [0.2, 0.25) is 0 Å². The highest BCUT2D eigenvalue weighted by atomic mass is 16.2. The van der Waals surface area contributed by atoms with Crippen molar-refractivity contribution in [2.45, 2.75) is 46.1 Å². The first-order chi connectivity index (χ1) is 11.7. The Morgan fingerprint density at radius 1 is 1.33 bits per heavy atom. The molecule has 3 heterocycles. The second kappa shape index (κ2) is 7.60. The van der Waals surface area contributed by atoms with E-state index in [2.05, 4.69) is 29.0 Å². The summed E-state index contributed by atoms with van der Waals surface area (Å²) < 4.78 is 1.97. The molecule has 0 bridgehead atoms. The maximum atomic E-state index is 12.6. The Labute approximate surface area is 143 Å². The number of rotatable bonds is 5. The summed E-state index contributed by atoms with van der Waals surface area (Å²) in [6, 6.07) is 4.22. The molecule has 5 nitrogen and oxygen atoms in total. The average molecular weight is 326 g/mol. The smallest absolute Gasteiger partial charge is 0.242 e. The first kappa shape index (κ1) is 16.7. The number of amides is 1. The van der Waals surface area contributed by atoms with Crippen molar-refractivity contribution in [3.8, 4) is 0 Å². The van der Waals surface area contributed by atoms with Crippen LogP contribution >= 0.6 is 0 Å². The van der Waals surface area contributed by atoms with Crippen molar-refractivity contribution in [2.24, 2.45) is 5.92 Å². The van der Waals surface area contributed by atoms with Gasteiger partial charge >= 0.3 is 0 Å². The van der Waals surface area contributed by atoms with E-state index >= 15 is 0 Å². The molecule has 128 valence electrons. The summed E-state index contributed by atoms with van der Waals surface area (Å²) in [5.74, 6) is 1.71. The van der Waals surface area contributed by atoms with Crippen molar-refractivity contribution in [1.82, 2.24) is 19.4 Å². The lowest BCUT2D eigenvalue weighted by atomic mass is 9.92. The van der Waals surface area contributed by atoms with Gasteiger partial charge in [0.05, 0.1) is 0 Å². The van der Waals surface area contributed by atoms with Gasteiger partial charge in [0.1, 0.15) is 12.4 Å². The van der Waals surface area contributed by atoms with Gasteiger partial charge in [0.2, 0.25) is 5.91 Å². The predicted molar refractivity (Wildman–Crippen MR) is 93.6 cm³/mol. The van der Waals surface area contributed by atoms with Gasteiger partial charge in [-0.3, -0.25) is 9.78 Å². The van der Waals surface area contributed by atoms with Crippen LogP contribution < -0.4 is 0 Å². The van der Waals surface area contributed by atoms with E-state index in [1.165, 1.54) is 12.0 Å². The van der Waals surface area contributed by atoms with Crippen molar-refractivity contribution < 1.29 is 4.79 Å². The molecule has 24 heavy (non-hydrogen) atoms. The lowest BCUT2D eigenvalue weighted by Gasteiger charge is -2.33. The van der Waals surface area contributed by atoms with E-state index in [1.54, 1.807) is 6.20 Å². The summed E-state index contributed by atoms with van der Waals surface area (Å²) in [5.41, 5.74) is 2.31. The summed E-state index contributed by atoms with van der Waals surface area (Å²) in [6.07, 6.45) is 9.76. The fraction of sp³-hybridized carbons (Fsp3) is 0.526. The zero-order valence-corrected chi connectivity index (χ0v) is 14.6. The normalized spacial score (nSPS) is 17.9. The third-order valence-electron chi connectivity index (χ3n) is 4.79. The average Bonchev–Trinajstić information content (AvgIpc) is 3.04. The van der Waals surface area contributed by atoms with Gasteiger partial charge in [-0.2, -0.15) is 0 Å². The molecule has 1 amide bonds. The van der Waals surface area contributed by atoms with Gasteiger partial charge in [0.15, 0.2) is 0 Å². The minimum absolute atomic E-state index is 0.203. The van der Waals surface area contributed by atoms with Gasteiger partial charge in [-0.1, -0.05) is 13.0 Å². The number of imidazole rings is 1. The Kier molecular flexibility index (Phi) is 5.28. The molecule has 1 atom stereocenters. The molecule has 0 aliphatic carbocycles. The highest BCUT2D eigenvalue weighted by Crippen LogP contribution is 2.21. The lowest BCUT2D eigenvalue weighted by Crippen LogP contribution is -2.42. The van der Waals surface area contributed by atoms with E-state index < -0.39 is 0 Å². The van der Waals surface area contributed by atoms with E-state index in [0.29, 0.717) is 12.5 Å². The fourth-order valence-corrected chi connectivity index (χ4v) is 3.45. The second-order valence-electron chi connectivity index (χ2n) is 6.68. The van der Waals surface area contributed by atoms with Crippen molar-refractivity contribution in [1.29, 1.82) is 0 Å². The Balaban J connectivity index is 1.58. The number of carbonyl (C=O) groups is 1. The van der Waals surface area contributed by atoms with Gasteiger partial charge < -0.3 is 9.47 Å². The molecule has 1 aliphatic rings. The molecule has 0 N–H and O–H groups in total. The number of piperidine rings is 1. The monoisotopic (exact) mass is 326 g/mol. The SMILES string of the molecule is CCc1nccn1CC(=O)N1CCC[C@H](Cc2ccc(C)nc2)C1. The fourth-order valence-electron chi connectivity index (χ4n) is 3.45. The van der Waals surface area contributed by atoms with Crippen LogP contribution in [0.15, 0.2) is 30.7 Å². The third-order valence-corrected chi connectivity index (χ3v) is 4.79. The quantitative estimate of drug-likeness (QED) is 0.849. The van der Waals surface area contributed by atoms with Gasteiger partial charge in [-0.05, 0) is 43.7 Å². The molecule has 0 spiro atoms. The molecule has 0 radical (unpaired) electrons. The van der Waals surface area contributed by atoms with Crippen LogP contribution in [0.3, 0.4) is 0 Å². The highest BCUT2D eigenvalue weighted by Gasteiger charge is 2.24. The molecule has 2 aromatic heterocycles. The molecule has 3 rings (SSSR count). The first-order valence-corrected chi connectivity index (χ1v) is 8.85. The van der Waals surface area contributed by atoms with Gasteiger partial charge in [-0.15, -0.1) is 0 Å². The minimum atomic E-state index is 0.203. The Hall–Kier alpha value is -2.17. The molecule has 5 heteroatoms. The number of aryl methyl sites for hydroxylation is 2. The summed E-state index contributed by atoms with van der Waals surface area (Å²) in [5, 5.41) is 0. The van der Waals surface area contributed by atoms with E-state index in [1.807, 2.05) is 28.8 Å². The molecule has 1 saturated heterocycles. The van der Waals surface area contributed by atoms with Crippen LogP contribution in [-0.2, 0) is 24.2 Å². The van der Waals surface area contributed by atoms with Gasteiger partial charge in [0, 0.05) is 43.8 Å². The van der Waals surface area contributed by atoms with Crippen LogP contribution in [-0.4, -0.2) is 38.4 Å². The molecule has 1 fully saturated rings. The van der Waals surface area contributed by atoms with E-state index in [9.17, 15) is 4.79 Å². The van der Waals surface area contributed by atoms with Crippen molar-refractivity contribution >= 4 is 5.91 Å². The highest BCUT2D eigenvalue weighted by molar-refractivity contribution is 5.76. The molecule has 0 aromatic carbocycles. The maximum absolute atomic E-state index is 12.6. The number of aromatic nitrogens is 3. The zero-order valence-electron chi connectivity index (χ0n) is 14.6. The van der Waals surface area contributed by atoms with Crippen molar-refractivity contribution in [2.75, 3.05) is 13.1 Å². The summed E-state index contributed by atoms with van der Waals surface area (Å²) >= 11 is 0. The number of hydrogen-bond donors (Lipinski definition) is 0. The maximum Gasteiger partial charge on any atom is 0.242 e. The van der Waals surface area contributed by atoms with Crippen LogP contribution in [0.1, 0.15) is 36.8 Å². The Morgan fingerprint density at radius 3 is 2.96 bits per heavy atom. The summed E-state index contributed by atoms with van der Waals surface area (Å²) in [4.78, 5) is 23.3. The van der Waals surface area contributed by atoms with E-state index in [0.717, 1.165) is 43.9 Å². The molecule has 1 aliphatic heterocycles. The Bertz CT molecular complexity index is 677. The van der Waals surface area contributed by atoms with Crippen LogP contribution in [0, 0.1) is 12.8 Å². The zero-order chi connectivity index (χ0) is 16.9.